The smallest absolute Gasteiger partial charge is 0.407 e. The first kappa shape index (κ1) is 37.8. The molecule has 6 N–H and O–H groups in total. The Morgan fingerprint density at radius 1 is 1.00 bits per heavy atom. The minimum absolute atomic E-state index is 0.0270. The lowest BCUT2D eigenvalue weighted by molar-refractivity contribution is -0.125. The summed E-state index contributed by atoms with van der Waals surface area (Å²) in [6, 6.07) is 4.50. The number of aliphatic hydroxyl groups is 1. The molecule has 0 spiro atoms. The summed E-state index contributed by atoms with van der Waals surface area (Å²) < 4.78 is 22.0. The van der Waals surface area contributed by atoms with E-state index in [0.29, 0.717) is 37.6 Å². The highest BCUT2D eigenvalue weighted by atomic mass is 16.6. The molecular weight excluding hydrogens is 556 g/mol. The van der Waals surface area contributed by atoms with Gasteiger partial charge in [0.25, 0.3) is 0 Å². The fourth-order valence-corrected chi connectivity index (χ4v) is 4.13. The van der Waals surface area contributed by atoms with Crippen LogP contribution in [-0.2, 0) is 20.7 Å². The van der Waals surface area contributed by atoms with Crippen LogP contribution in [0.3, 0.4) is 0 Å². The first-order valence-corrected chi connectivity index (χ1v) is 14.8. The summed E-state index contributed by atoms with van der Waals surface area (Å²) in [5, 5.41) is 19.2. The van der Waals surface area contributed by atoms with E-state index < -0.39 is 41.2 Å². The van der Waals surface area contributed by atoms with E-state index in [0.717, 1.165) is 12.0 Å². The topological polar surface area (TPSA) is 170 Å². The Morgan fingerprint density at radius 3 is 2.23 bits per heavy atom. The highest BCUT2D eigenvalue weighted by molar-refractivity contribution is 5.81. The average Bonchev–Trinajstić information content (AvgIpc) is 2.91. The van der Waals surface area contributed by atoms with E-state index in [1.807, 2.05) is 18.2 Å². The molecule has 0 aliphatic carbocycles. The number of amides is 4. The van der Waals surface area contributed by atoms with Crippen LogP contribution in [0.25, 0.3) is 0 Å². The standard InChI is InChI=1S/C31H54N4O8/c1-20(2)22(15-21-11-12-25(41-9)26(16-21)42-14-10-13-40-8)17-23(35-29(39)43-30(3,4)5)24(36)18-33-28(38)34-19-31(6,7)27(32)37/h11-12,16,20,22-24,36H,10,13-15,17-19H2,1-9H3,(H2,32,37)(H,35,39)(H2,33,34,38)/t22-,23-,24-/m0/s1. The summed E-state index contributed by atoms with van der Waals surface area (Å²) in [6.45, 7) is 13.6. The van der Waals surface area contributed by atoms with Gasteiger partial charge in [0, 0.05) is 33.2 Å². The monoisotopic (exact) mass is 610 g/mol. The van der Waals surface area contributed by atoms with Gasteiger partial charge in [-0.2, -0.15) is 0 Å². The van der Waals surface area contributed by atoms with E-state index in [1.54, 1.807) is 48.8 Å². The molecule has 246 valence electrons. The van der Waals surface area contributed by atoms with E-state index in [-0.39, 0.29) is 24.9 Å². The molecule has 43 heavy (non-hydrogen) atoms. The molecule has 1 aromatic rings. The number of nitrogens with two attached hydrogens (primary N) is 1. The summed E-state index contributed by atoms with van der Waals surface area (Å²) in [7, 11) is 3.24. The molecule has 12 heteroatoms. The summed E-state index contributed by atoms with van der Waals surface area (Å²) in [6.07, 6.45) is 0.00289. The number of hydrogen-bond donors (Lipinski definition) is 5. The molecule has 1 rings (SSSR count). The number of benzene rings is 1. The van der Waals surface area contributed by atoms with E-state index in [9.17, 15) is 19.5 Å². The van der Waals surface area contributed by atoms with Crippen molar-refractivity contribution in [3.63, 3.8) is 0 Å². The first-order valence-electron chi connectivity index (χ1n) is 14.8. The van der Waals surface area contributed by atoms with Gasteiger partial charge in [-0.1, -0.05) is 19.9 Å². The SMILES string of the molecule is COCCCOc1cc(C[C@@H](C[C@H](NC(=O)OC(C)(C)C)[C@@H](O)CNC(=O)NCC(C)(C)C(N)=O)C(C)C)ccc1OC. The summed E-state index contributed by atoms with van der Waals surface area (Å²) in [5.74, 6) is 0.948. The van der Waals surface area contributed by atoms with Crippen molar-refractivity contribution in [2.24, 2.45) is 23.0 Å². The van der Waals surface area contributed by atoms with Crippen LogP contribution >= 0.6 is 0 Å². The number of hydrogen-bond acceptors (Lipinski definition) is 8. The van der Waals surface area contributed by atoms with Crippen molar-refractivity contribution in [2.45, 2.75) is 85.5 Å². The van der Waals surface area contributed by atoms with E-state index in [4.69, 9.17) is 24.7 Å². The molecule has 1 aromatic carbocycles. The van der Waals surface area contributed by atoms with Crippen LogP contribution in [0.5, 0.6) is 11.5 Å². The average molecular weight is 611 g/mol. The molecule has 0 saturated heterocycles. The number of primary amides is 1. The number of urea groups is 1. The zero-order valence-electron chi connectivity index (χ0n) is 27.4. The second kappa shape index (κ2) is 17.8. The van der Waals surface area contributed by atoms with Crippen LogP contribution in [0, 0.1) is 17.3 Å². The van der Waals surface area contributed by atoms with Gasteiger partial charge in [0.15, 0.2) is 11.5 Å². The van der Waals surface area contributed by atoms with E-state index in [1.165, 1.54) is 0 Å². The second-order valence-corrected chi connectivity index (χ2v) is 12.8. The minimum Gasteiger partial charge on any atom is -0.493 e. The molecule has 12 nitrogen and oxygen atoms in total. The highest BCUT2D eigenvalue weighted by Crippen LogP contribution is 2.31. The molecule has 0 aromatic heterocycles. The lowest BCUT2D eigenvalue weighted by Crippen LogP contribution is -2.52. The van der Waals surface area contributed by atoms with E-state index >= 15 is 0 Å². The van der Waals surface area contributed by atoms with Crippen molar-refractivity contribution in [2.75, 3.05) is 40.5 Å². The molecule has 0 aliphatic heterocycles. The third kappa shape index (κ3) is 14.7. The molecule has 0 aliphatic rings. The predicted molar refractivity (Wildman–Crippen MR) is 165 cm³/mol. The Morgan fingerprint density at radius 2 is 1.67 bits per heavy atom. The van der Waals surface area contributed by atoms with Gasteiger partial charge in [-0.15, -0.1) is 0 Å². The van der Waals surface area contributed by atoms with Gasteiger partial charge < -0.3 is 45.7 Å². The lowest BCUT2D eigenvalue weighted by Gasteiger charge is -2.31. The van der Waals surface area contributed by atoms with Crippen LogP contribution in [0.15, 0.2) is 18.2 Å². The van der Waals surface area contributed by atoms with Crippen molar-refractivity contribution < 1.29 is 38.4 Å². The van der Waals surface area contributed by atoms with Crippen LogP contribution in [0.2, 0.25) is 0 Å². The Balaban J connectivity index is 3.06. The van der Waals surface area contributed by atoms with Crippen molar-refractivity contribution in [1.29, 1.82) is 0 Å². The fourth-order valence-electron chi connectivity index (χ4n) is 4.13. The molecular formula is C31H54N4O8. The van der Waals surface area contributed by atoms with Gasteiger partial charge in [-0.3, -0.25) is 4.79 Å². The molecule has 4 amide bonds. The molecule has 0 fully saturated rings. The van der Waals surface area contributed by atoms with E-state index in [2.05, 4.69) is 29.8 Å². The van der Waals surface area contributed by atoms with Gasteiger partial charge in [0.2, 0.25) is 5.91 Å². The maximum Gasteiger partial charge on any atom is 0.407 e. The second-order valence-electron chi connectivity index (χ2n) is 12.8. The molecule has 0 saturated carbocycles. The number of carbonyl (C=O) groups excluding carboxylic acids is 3. The summed E-state index contributed by atoms with van der Waals surface area (Å²) in [5.41, 5.74) is 4.72. The van der Waals surface area contributed by atoms with Gasteiger partial charge in [0.05, 0.1) is 31.3 Å². The Kier molecular flexibility index (Phi) is 15.6. The number of aliphatic hydroxyl groups excluding tert-OH is 1. The molecule has 0 heterocycles. The number of rotatable bonds is 18. The van der Waals surface area contributed by atoms with Crippen molar-refractivity contribution >= 4 is 18.0 Å². The van der Waals surface area contributed by atoms with Crippen LogP contribution < -0.4 is 31.2 Å². The minimum atomic E-state index is -1.13. The van der Waals surface area contributed by atoms with Crippen molar-refractivity contribution in [3.8, 4) is 11.5 Å². The first-order chi connectivity index (χ1) is 20.0. The number of methoxy groups -OCH3 is 2. The van der Waals surface area contributed by atoms with Crippen LogP contribution in [0.1, 0.15) is 66.9 Å². The number of nitrogens with one attached hydrogen (secondary N) is 3. The number of carbonyl (C=O) groups is 3. The summed E-state index contributed by atoms with van der Waals surface area (Å²) >= 11 is 0. The maximum absolute atomic E-state index is 12.7. The largest absolute Gasteiger partial charge is 0.493 e. The number of ether oxygens (including phenoxy) is 4. The Bertz CT molecular complexity index is 1030. The lowest BCUT2D eigenvalue weighted by atomic mass is 9.83. The zero-order valence-corrected chi connectivity index (χ0v) is 27.4. The van der Waals surface area contributed by atoms with Crippen LogP contribution in [0.4, 0.5) is 9.59 Å². The Labute approximate surface area is 256 Å². The summed E-state index contributed by atoms with van der Waals surface area (Å²) in [4.78, 5) is 36.7. The molecule has 0 radical (unpaired) electrons. The quantitative estimate of drug-likeness (QED) is 0.158. The van der Waals surface area contributed by atoms with Gasteiger partial charge in [-0.05, 0) is 77.0 Å². The predicted octanol–water partition coefficient (Wildman–Crippen LogP) is 3.38. The fraction of sp³-hybridized carbons (Fsp3) is 0.710. The third-order valence-corrected chi connectivity index (χ3v) is 6.97. The molecule has 3 atom stereocenters. The third-order valence-electron chi connectivity index (χ3n) is 6.97. The van der Waals surface area contributed by atoms with Gasteiger partial charge >= 0.3 is 12.1 Å². The Hall–Kier alpha value is -3.25. The number of alkyl carbamates (subject to hydrolysis) is 1. The molecule has 0 unspecified atom stereocenters. The highest BCUT2D eigenvalue weighted by Gasteiger charge is 2.30. The van der Waals surface area contributed by atoms with Gasteiger partial charge in [0.1, 0.15) is 5.60 Å². The van der Waals surface area contributed by atoms with Crippen LogP contribution in [-0.4, -0.2) is 81.4 Å². The van der Waals surface area contributed by atoms with Gasteiger partial charge in [-0.25, -0.2) is 9.59 Å². The zero-order chi connectivity index (χ0) is 32.8. The normalized spacial score (nSPS) is 13.9. The maximum atomic E-state index is 12.7. The van der Waals surface area contributed by atoms with Crippen molar-refractivity contribution in [1.82, 2.24) is 16.0 Å². The molecule has 0 bridgehead atoms. The van der Waals surface area contributed by atoms with Crippen molar-refractivity contribution in [3.05, 3.63) is 23.8 Å².